The highest BCUT2D eigenvalue weighted by molar-refractivity contribution is 6.31. The van der Waals surface area contributed by atoms with Crippen molar-refractivity contribution in [3.05, 3.63) is 64.2 Å². The lowest BCUT2D eigenvalue weighted by atomic mass is 10.1. The molecule has 0 unspecified atom stereocenters. The van der Waals surface area contributed by atoms with Gasteiger partial charge in [0.15, 0.2) is 0 Å². The lowest BCUT2D eigenvalue weighted by molar-refractivity contribution is 0.0734. The Morgan fingerprint density at radius 3 is 2.56 bits per heavy atom. The molecule has 18 heavy (non-hydrogen) atoms. The van der Waals surface area contributed by atoms with Crippen molar-refractivity contribution in [1.29, 1.82) is 0 Å². The number of rotatable bonds is 2. The van der Waals surface area contributed by atoms with Crippen molar-refractivity contribution in [3.8, 4) is 5.75 Å². The fourth-order valence-corrected chi connectivity index (χ4v) is 1.74. The minimum atomic E-state index is -0.361. The first-order chi connectivity index (χ1) is 8.56. The van der Waals surface area contributed by atoms with E-state index in [0.29, 0.717) is 16.3 Å². The van der Waals surface area contributed by atoms with E-state index < -0.39 is 0 Å². The maximum atomic E-state index is 11.9. The van der Waals surface area contributed by atoms with Crippen LogP contribution in [0.3, 0.4) is 0 Å². The van der Waals surface area contributed by atoms with E-state index in [9.17, 15) is 4.79 Å². The number of carbonyl (C=O) groups excluding carboxylic acids is 1. The molecule has 0 radical (unpaired) electrons. The van der Waals surface area contributed by atoms with E-state index in [2.05, 4.69) is 0 Å². The first kappa shape index (κ1) is 12.7. The van der Waals surface area contributed by atoms with Gasteiger partial charge in [0.25, 0.3) is 0 Å². The summed E-state index contributed by atoms with van der Waals surface area (Å²) in [7, 11) is 0. The summed E-state index contributed by atoms with van der Waals surface area (Å²) in [6, 6.07) is 12.4. The Morgan fingerprint density at radius 2 is 1.89 bits per heavy atom. The molecule has 0 spiro atoms. The monoisotopic (exact) mass is 260 g/mol. The summed E-state index contributed by atoms with van der Waals surface area (Å²) >= 11 is 5.91. The van der Waals surface area contributed by atoms with Gasteiger partial charge in [0.2, 0.25) is 0 Å². The highest BCUT2D eigenvalue weighted by atomic mass is 35.5. The van der Waals surface area contributed by atoms with E-state index in [1.165, 1.54) is 0 Å². The van der Waals surface area contributed by atoms with Crippen LogP contribution in [0.15, 0.2) is 42.5 Å². The number of hydrogen-bond donors (Lipinski definition) is 0. The summed E-state index contributed by atoms with van der Waals surface area (Å²) in [6.45, 7) is 3.80. The summed E-state index contributed by atoms with van der Waals surface area (Å²) in [5.41, 5.74) is 2.45. The average Bonchev–Trinajstić information content (AvgIpc) is 2.34. The molecular formula is C15H13ClO2. The molecule has 2 aromatic carbocycles. The van der Waals surface area contributed by atoms with Gasteiger partial charge in [0.05, 0.1) is 5.56 Å². The lowest BCUT2D eigenvalue weighted by Crippen LogP contribution is -2.08. The van der Waals surface area contributed by atoms with Crippen molar-refractivity contribution in [2.45, 2.75) is 13.8 Å². The van der Waals surface area contributed by atoms with Gasteiger partial charge in [-0.05, 0) is 49.7 Å². The fraction of sp³-hybridized carbons (Fsp3) is 0.133. The second kappa shape index (κ2) is 5.23. The molecular weight excluding hydrogens is 248 g/mol. The Balaban J connectivity index is 2.18. The van der Waals surface area contributed by atoms with Gasteiger partial charge in [-0.15, -0.1) is 0 Å². The summed E-state index contributed by atoms with van der Waals surface area (Å²) in [5, 5.41) is 0.658. The number of ether oxygens (including phenoxy) is 1. The number of hydrogen-bond acceptors (Lipinski definition) is 2. The second-order valence-corrected chi connectivity index (χ2v) is 4.58. The van der Waals surface area contributed by atoms with Crippen molar-refractivity contribution in [3.63, 3.8) is 0 Å². The van der Waals surface area contributed by atoms with Crippen LogP contribution in [0.4, 0.5) is 0 Å². The quantitative estimate of drug-likeness (QED) is 0.598. The highest BCUT2D eigenvalue weighted by Gasteiger charge is 2.09. The van der Waals surface area contributed by atoms with Crippen LogP contribution in [-0.2, 0) is 0 Å². The standard InChI is InChI=1S/C15H13ClO2/c1-10-4-3-5-12(8-10)15(17)18-13-6-7-14(16)11(2)9-13/h3-9H,1-2H3. The Bertz CT molecular complexity index is 591. The van der Waals surface area contributed by atoms with Crippen molar-refractivity contribution in [2.24, 2.45) is 0 Å². The molecule has 0 aliphatic rings. The Morgan fingerprint density at radius 1 is 1.11 bits per heavy atom. The van der Waals surface area contributed by atoms with E-state index in [-0.39, 0.29) is 5.97 Å². The van der Waals surface area contributed by atoms with Crippen LogP contribution in [0.25, 0.3) is 0 Å². The normalized spacial score (nSPS) is 10.2. The molecule has 0 fully saturated rings. The third-order valence-electron chi connectivity index (χ3n) is 2.59. The van der Waals surface area contributed by atoms with Crippen LogP contribution in [-0.4, -0.2) is 5.97 Å². The van der Waals surface area contributed by atoms with Crippen LogP contribution in [0, 0.1) is 13.8 Å². The first-order valence-electron chi connectivity index (χ1n) is 5.61. The van der Waals surface area contributed by atoms with Crippen molar-refractivity contribution in [2.75, 3.05) is 0 Å². The molecule has 0 heterocycles. The minimum Gasteiger partial charge on any atom is -0.423 e. The molecule has 0 saturated carbocycles. The van der Waals surface area contributed by atoms with Gasteiger partial charge < -0.3 is 4.74 Å². The molecule has 0 aromatic heterocycles. The van der Waals surface area contributed by atoms with Gasteiger partial charge >= 0.3 is 5.97 Å². The summed E-state index contributed by atoms with van der Waals surface area (Å²) in [4.78, 5) is 11.9. The summed E-state index contributed by atoms with van der Waals surface area (Å²) in [5.74, 6) is 0.142. The van der Waals surface area contributed by atoms with Crippen LogP contribution in [0.1, 0.15) is 21.5 Å². The first-order valence-corrected chi connectivity index (χ1v) is 5.99. The molecule has 92 valence electrons. The van der Waals surface area contributed by atoms with Crippen molar-refractivity contribution in [1.82, 2.24) is 0 Å². The van der Waals surface area contributed by atoms with Crippen LogP contribution < -0.4 is 4.74 Å². The smallest absolute Gasteiger partial charge is 0.343 e. The molecule has 2 aromatic rings. The predicted molar refractivity (Wildman–Crippen MR) is 72.3 cm³/mol. The van der Waals surface area contributed by atoms with Crippen LogP contribution in [0.2, 0.25) is 5.02 Å². The van der Waals surface area contributed by atoms with Gasteiger partial charge in [-0.25, -0.2) is 4.79 Å². The molecule has 2 rings (SSSR count). The molecule has 0 aliphatic carbocycles. The van der Waals surface area contributed by atoms with E-state index in [1.54, 1.807) is 30.3 Å². The maximum absolute atomic E-state index is 11.9. The van der Waals surface area contributed by atoms with E-state index in [1.807, 2.05) is 26.0 Å². The number of carbonyl (C=O) groups is 1. The number of benzene rings is 2. The average molecular weight is 261 g/mol. The maximum Gasteiger partial charge on any atom is 0.343 e. The largest absolute Gasteiger partial charge is 0.423 e. The predicted octanol–water partition coefficient (Wildman–Crippen LogP) is 4.18. The topological polar surface area (TPSA) is 26.3 Å². The lowest BCUT2D eigenvalue weighted by Gasteiger charge is -2.06. The van der Waals surface area contributed by atoms with Gasteiger partial charge in [-0.2, -0.15) is 0 Å². The van der Waals surface area contributed by atoms with Gasteiger partial charge in [-0.1, -0.05) is 29.3 Å². The van der Waals surface area contributed by atoms with Crippen molar-refractivity contribution < 1.29 is 9.53 Å². The van der Waals surface area contributed by atoms with Gasteiger partial charge in [-0.3, -0.25) is 0 Å². The third kappa shape index (κ3) is 2.90. The van der Waals surface area contributed by atoms with E-state index in [4.69, 9.17) is 16.3 Å². The second-order valence-electron chi connectivity index (χ2n) is 4.17. The number of halogens is 1. The molecule has 0 amide bonds. The molecule has 0 N–H and O–H groups in total. The molecule has 0 atom stereocenters. The molecule has 3 heteroatoms. The molecule has 0 aliphatic heterocycles. The Hall–Kier alpha value is -1.80. The third-order valence-corrected chi connectivity index (χ3v) is 3.02. The zero-order valence-electron chi connectivity index (χ0n) is 10.2. The van der Waals surface area contributed by atoms with Gasteiger partial charge in [0.1, 0.15) is 5.75 Å². The molecule has 0 bridgehead atoms. The zero-order chi connectivity index (χ0) is 13.1. The Labute approximate surface area is 111 Å². The van der Waals surface area contributed by atoms with Crippen molar-refractivity contribution >= 4 is 17.6 Å². The minimum absolute atomic E-state index is 0.361. The number of aryl methyl sites for hydroxylation is 2. The van der Waals surface area contributed by atoms with E-state index in [0.717, 1.165) is 11.1 Å². The summed E-state index contributed by atoms with van der Waals surface area (Å²) in [6.07, 6.45) is 0. The molecule has 0 saturated heterocycles. The fourth-order valence-electron chi connectivity index (χ4n) is 1.62. The number of esters is 1. The SMILES string of the molecule is Cc1cccc(C(=O)Oc2ccc(Cl)c(C)c2)c1. The highest BCUT2D eigenvalue weighted by Crippen LogP contribution is 2.21. The van der Waals surface area contributed by atoms with Crippen LogP contribution >= 0.6 is 11.6 Å². The zero-order valence-corrected chi connectivity index (χ0v) is 11.0. The van der Waals surface area contributed by atoms with Gasteiger partial charge in [0, 0.05) is 5.02 Å². The van der Waals surface area contributed by atoms with Crippen LogP contribution in [0.5, 0.6) is 5.75 Å². The Kier molecular flexibility index (Phi) is 3.68. The molecule has 2 nitrogen and oxygen atoms in total. The van der Waals surface area contributed by atoms with E-state index >= 15 is 0 Å². The summed E-state index contributed by atoms with van der Waals surface area (Å²) < 4.78 is 5.29.